The summed E-state index contributed by atoms with van der Waals surface area (Å²) in [4.78, 5) is 52.5. The molecule has 4 atom stereocenters. The van der Waals surface area contributed by atoms with Crippen LogP contribution in [0.4, 0.5) is 0 Å². The van der Waals surface area contributed by atoms with E-state index in [-0.39, 0.29) is 35.5 Å². The summed E-state index contributed by atoms with van der Waals surface area (Å²) in [6, 6.07) is 1.94. The van der Waals surface area contributed by atoms with Crippen molar-refractivity contribution in [1.29, 1.82) is 0 Å². The monoisotopic (exact) mass is 496 g/mol. The quantitative estimate of drug-likeness (QED) is 0.346. The highest BCUT2D eigenvalue weighted by molar-refractivity contribution is 6.24. The lowest BCUT2D eigenvalue weighted by Gasteiger charge is -2.51. The van der Waals surface area contributed by atoms with Gasteiger partial charge in [0.1, 0.15) is 22.8 Å². The van der Waals surface area contributed by atoms with Gasteiger partial charge >= 0.3 is 0 Å². The van der Waals surface area contributed by atoms with Gasteiger partial charge in [-0.05, 0) is 63.0 Å². The maximum atomic E-state index is 14.1. The van der Waals surface area contributed by atoms with E-state index in [2.05, 4.69) is 0 Å². The number of aromatic hydroxyl groups is 1. The molecule has 0 saturated heterocycles. The molecule has 190 valence electrons. The fourth-order valence-electron chi connectivity index (χ4n) is 5.95. The molecule has 1 fully saturated rings. The number of hydrogen-bond donors (Lipinski definition) is 4. The first-order valence-electron chi connectivity index (χ1n) is 11.4. The van der Waals surface area contributed by atoms with Gasteiger partial charge in [-0.3, -0.25) is 24.1 Å². The lowest BCUT2D eigenvalue weighted by Crippen LogP contribution is -2.66. The van der Waals surface area contributed by atoms with Crippen molar-refractivity contribution in [3.8, 4) is 5.75 Å². The average Bonchev–Trinajstić information content (AvgIpc) is 2.78. The number of fused-ring (bicyclic) bond motifs is 3. The Labute approximate surface area is 207 Å². The zero-order valence-electron chi connectivity index (χ0n) is 20.4. The number of phenolic OH excluding ortho intramolecular Hbond substituents is 1. The van der Waals surface area contributed by atoms with Crippen molar-refractivity contribution in [2.45, 2.75) is 31.4 Å². The molecule has 4 rings (SSSR count). The van der Waals surface area contributed by atoms with Gasteiger partial charge in [0.05, 0.1) is 11.6 Å². The predicted octanol–water partition coefficient (Wildman–Crippen LogP) is 1.22. The number of methoxy groups -OCH3 is 1. The highest BCUT2D eigenvalue weighted by Crippen LogP contribution is 2.54. The SMILES string of the molecule is CO[C@]12C(=O)C3=C(O)c4c(O)ccc(/C=C/C(C)=O)c4C[C@H]3C[C@H]1[C@H](N(C)C)C(=O)C(C(N)=O)=C2O. The number of primary amides is 1. The Balaban J connectivity index is 2.00. The van der Waals surface area contributed by atoms with Gasteiger partial charge in [-0.25, -0.2) is 0 Å². The van der Waals surface area contributed by atoms with Crippen LogP contribution in [0.2, 0.25) is 0 Å². The van der Waals surface area contributed by atoms with Gasteiger partial charge < -0.3 is 25.8 Å². The minimum absolute atomic E-state index is 0.0413. The molecule has 1 saturated carbocycles. The lowest BCUT2D eigenvalue weighted by molar-refractivity contribution is -0.159. The van der Waals surface area contributed by atoms with Gasteiger partial charge in [0.2, 0.25) is 5.78 Å². The molecule has 0 aliphatic heterocycles. The first-order valence-corrected chi connectivity index (χ1v) is 11.4. The van der Waals surface area contributed by atoms with Crippen molar-refractivity contribution < 1.29 is 39.2 Å². The summed E-state index contributed by atoms with van der Waals surface area (Å²) in [6.07, 6.45) is 3.28. The molecule has 1 aromatic rings. The molecule has 5 N–H and O–H groups in total. The molecule has 36 heavy (non-hydrogen) atoms. The molecular weight excluding hydrogens is 468 g/mol. The van der Waals surface area contributed by atoms with Crippen LogP contribution in [-0.2, 0) is 30.3 Å². The minimum atomic E-state index is -2.13. The number of Topliss-reactive ketones (excluding diaryl/α,β-unsaturated/α-hetero) is 2. The van der Waals surface area contributed by atoms with Crippen molar-refractivity contribution in [3.63, 3.8) is 0 Å². The van der Waals surface area contributed by atoms with Gasteiger partial charge in [0, 0.05) is 18.6 Å². The molecule has 0 spiro atoms. The molecule has 0 aromatic heterocycles. The normalized spacial score (nSPS) is 27.9. The number of aliphatic hydroxyl groups excluding tert-OH is 2. The summed E-state index contributed by atoms with van der Waals surface area (Å²) in [7, 11) is 4.39. The van der Waals surface area contributed by atoms with Gasteiger partial charge in [0.25, 0.3) is 5.91 Å². The Morgan fingerprint density at radius 2 is 1.86 bits per heavy atom. The molecule has 3 aliphatic carbocycles. The summed E-state index contributed by atoms with van der Waals surface area (Å²) in [5.41, 5.74) is 3.65. The number of allylic oxidation sites excluding steroid dienone is 1. The molecule has 0 radical (unpaired) electrons. The number of hydrogen-bond acceptors (Lipinski definition) is 9. The second-order valence-electron chi connectivity index (χ2n) is 9.61. The van der Waals surface area contributed by atoms with Gasteiger partial charge in [0.15, 0.2) is 17.2 Å². The largest absolute Gasteiger partial charge is 0.508 e. The summed E-state index contributed by atoms with van der Waals surface area (Å²) >= 11 is 0. The predicted molar refractivity (Wildman–Crippen MR) is 129 cm³/mol. The number of likely N-dealkylation sites (N-methyl/N-ethyl adjacent to an activating group) is 1. The van der Waals surface area contributed by atoms with Crippen LogP contribution in [0.5, 0.6) is 5.75 Å². The second kappa shape index (κ2) is 8.72. The number of ether oxygens (including phenoxy) is 1. The zero-order chi connectivity index (χ0) is 26.7. The van der Waals surface area contributed by atoms with E-state index >= 15 is 0 Å². The number of benzene rings is 1. The molecule has 0 heterocycles. The smallest absolute Gasteiger partial charge is 0.255 e. The van der Waals surface area contributed by atoms with E-state index in [0.717, 1.165) is 0 Å². The maximum Gasteiger partial charge on any atom is 0.255 e. The van der Waals surface area contributed by atoms with E-state index in [1.807, 2.05) is 0 Å². The fraction of sp³-hybridized carbons (Fsp3) is 0.385. The first-order chi connectivity index (χ1) is 16.9. The molecule has 10 heteroatoms. The van der Waals surface area contributed by atoms with Gasteiger partial charge in [-0.15, -0.1) is 0 Å². The number of carbonyl (C=O) groups is 4. The van der Waals surface area contributed by atoms with E-state index in [0.29, 0.717) is 11.1 Å². The second-order valence-corrected chi connectivity index (χ2v) is 9.61. The third kappa shape index (κ3) is 3.40. The highest BCUT2D eigenvalue weighted by Gasteiger charge is 2.65. The Morgan fingerprint density at radius 3 is 2.42 bits per heavy atom. The van der Waals surface area contributed by atoms with Crippen molar-refractivity contribution in [1.82, 2.24) is 4.90 Å². The van der Waals surface area contributed by atoms with Crippen molar-refractivity contribution >= 4 is 35.1 Å². The Morgan fingerprint density at radius 1 is 1.19 bits per heavy atom. The Kier molecular flexibility index (Phi) is 6.14. The van der Waals surface area contributed by atoms with E-state index < -0.39 is 58.0 Å². The van der Waals surface area contributed by atoms with E-state index in [9.17, 15) is 34.5 Å². The topological polar surface area (TPSA) is 167 Å². The van der Waals surface area contributed by atoms with Crippen LogP contribution < -0.4 is 5.73 Å². The van der Waals surface area contributed by atoms with Crippen LogP contribution in [0.3, 0.4) is 0 Å². The number of amides is 1. The van der Waals surface area contributed by atoms with Crippen LogP contribution in [0.1, 0.15) is 30.0 Å². The average molecular weight is 497 g/mol. The summed E-state index contributed by atoms with van der Waals surface area (Å²) in [5.74, 6) is -6.03. The maximum absolute atomic E-state index is 14.1. The highest BCUT2D eigenvalue weighted by atomic mass is 16.5. The first kappa shape index (κ1) is 25.3. The molecule has 10 nitrogen and oxygen atoms in total. The lowest BCUT2D eigenvalue weighted by atomic mass is 9.57. The summed E-state index contributed by atoms with van der Waals surface area (Å²) in [6.45, 7) is 1.39. The number of carbonyl (C=O) groups excluding carboxylic acids is 4. The van der Waals surface area contributed by atoms with Crippen LogP contribution >= 0.6 is 0 Å². The molecule has 3 aliphatic rings. The Bertz CT molecular complexity index is 1310. The number of rotatable bonds is 5. The molecular formula is C26H28N2O8. The molecule has 1 aromatic carbocycles. The molecule has 0 unspecified atom stereocenters. The molecule has 1 amide bonds. The number of phenols is 1. The standard InChI is InChI=1S/C26H28N2O8/c1-11(29)5-6-12-7-8-16(30)18-14(12)9-13-10-15-20(28(2)3)22(32)19(25(27)35)24(34)26(15,36-4)23(33)17(13)21(18)31/h5-8,13,15,20,30-31,34H,9-10H2,1-4H3,(H2,27,35)/b6-5+/t13-,15-,20-,26-/m0/s1. The van der Waals surface area contributed by atoms with Crippen LogP contribution in [0.15, 0.2) is 35.1 Å². The Hall–Kier alpha value is -3.76. The molecule has 0 bridgehead atoms. The number of nitrogens with zero attached hydrogens (tertiary/aromatic N) is 1. The van der Waals surface area contributed by atoms with Crippen LogP contribution in [0.25, 0.3) is 11.8 Å². The summed E-state index contributed by atoms with van der Waals surface area (Å²) < 4.78 is 5.62. The van der Waals surface area contributed by atoms with Crippen molar-refractivity contribution in [2.75, 3.05) is 21.2 Å². The summed E-state index contributed by atoms with van der Waals surface area (Å²) in [5, 5.41) is 33.0. The van der Waals surface area contributed by atoms with Gasteiger partial charge in [-0.2, -0.15) is 0 Å². The third-order valence-corrected chi connectivity index (χ3v) is 7.43. The van der Waals surface area contributed by atoms with Crippen LogP contribution in [-0.4, -0.2) is 76.3 Å². The van der Waals surface area contributed by atoms with Crippen LogP contribution in [0, 0.1) is 11.8 Å². The number of nitrogens with two attached hydrogens (primary N) is 1. The van der Waals surface area contributed by atoms with E-state index in [4.69, 9.17) is 10.5 Å². The number of aliphatic hydroxyl groups is 2. The number of ketones is 3. The van der Waals surface area contributed by atoms with Crippen molar-refractivity contribution in [3.05, 3.63) is 51.8 Å². The van der Waals surface area contributed by atoms with Crippen molar-refractivity contribution in [2.24, 2.45) is 17.6 Å². The van der Waals surface area contributed by atoms with E-state index in [1.165, 1.54) is 26.2 Å². The van der Waals surface area contributed by atoms with Gasteiger partial charge in [-0.1, -0.05) is 12.1 Å². The fourth-order valence-corrected chi connectivity index (χ4v) is 5.95. The van der Waals surface area contributed by atoms with E-state index in [1.54, 1.807) is 31.1 Å². The third-order valence-electron chi connectivity index (χ3n) is 7.43. The minimum Gasteiger partial charge on any atom is -0.508 e. The zero-order valence-corrected chi connectivity index (χ0v) is 20.4.